The first-order valence-corrected chi connectivity index (χ1v) is 10.9. The second kappa shape index (κ2) is 9.55. The van der Waals surface area contributed by atoms with E-state index < -0.39 is 16.0 Å². The van der Waals surface area contributed by atoms with Crippen LogP contribution in [0.4, 0.5) is 0 Å². The van der Waals surface area contributed by atoms with E-state index in [4.69, 9.17) is 8.92 Å². The van der Waals surface area contributed by atoms with Gasteiger partial charge in [-0.05, 0) is 42.5 Å². The van der Waals surface area contributed by atoms with E-state index in [2.05, 4.69) is 26.5 Å². The highest BCUT2D eigenvalue weighted by Gasteiger charge is 2.21. The zero-order chi connectivity index (χ0) is 21.6. The molecule has 0 saturated carbocycles. The zero-order valence-electron chi connectivity index (χ0n) is 15.8. The van der Waals surface area contributed by atoms with Crippen molar-refractivity contribution < 1.29 is 22.1 Å². The maximum Gasteiger partial charge on any atom is 0.339 e. The number of nitrogens with zero attached hydrogens (tertiary/aromatic N) is 1. The number of methoxy groups -OCH3 is 1. The number of nitrogens with one attached hydrogen (secondary N) is 1. The summed E-state index contributed by atoms with van der Waals surface area (Å²) in [6, 6.07) is 19.4. The Morgan fingerprint density at radius 2 is 1.77 bits per heavy atom. The van der Waals surface area contributed by atoms with Gasteiger partial charge in [0.25, 0.3) is 5.91 Å². The SMILES string of the molecule is COc1cccc(/C=N/NC(=O)c2cccc(Br)c2)c1OS(=O)(=O)c1ccccc1. The fourth-order valence-corrected chi connectivity index (χ4v) is 3.87. The Balaban J connectivity index is 1.85. The molecule has 9 heteroatoms. The molecule has 0 saturated heterocycles. The zero-order valence-corrected chi connectivity index (χ0v) is 18.2. The Labute approximate surface area is 182 Å². The van der Waals surface area contributed by atoms with Gasteiger partial charge in [0, 0.05) is 15.6 Å². The lowest BCUT2D eigenvalue weighted by molar-refractivity contribution is 0.0955. The molecule has 3 aromatic rings. The maximum absolute atomic E-state index is 12.6. The van der Waals surface area contributed by atoms with Crippen LogP contribution in [0.5, 0.6) is 11.5 Å². The summed E-state index contributed by atoms with van der Waals surface area (Å²) < 4.78 is 36.6. The number of benzene rings is 3. The van der Waals surface area contributed by atoms with Crippen molar-refractivity contribution in [3.63, 3.8) is 0 Å². The smallest absolute Gasteiger partial charge is 0.339 e. The van der Waals surface area contributed by atoms with E-state index in [-0.39, 0.29) is 16.4 Å². The lowest BCUT2D eigenvalue weighted by Crippen LogP contribution is -2.17. The van der Waals surface area contributed by atoms with Gasteiger partial charge < -0.3 is 8.92 Å². The number of halogens is 1. The average Bonchev–Trinajstić information content (AvgIpc) is 2.75. The predicted octanol–water partition coefficient (Wildman–Crippen LogP) is 3.99. The predicted molar refractivity (Wildman–Crippen MR) is 116 cm³/mol. The molecule has 0 heterocycles. The summed E-state index contributed by atoms with van der Waals surface area (Å²) in [5.41, 5.74) is 3.12. The average molecular weight is 489 g/mol. The third kappa shape index (κ3) is 5.25. The van der Waals surface area contributed by atoms with E-state index in [0.29, 0.717) is 11.1 Å². The Morgan fingerprint density at radius 1 is 1.03 bits per heavy atom. The topological polar surface area (TPSA) is 94.1 Å². The number of hydrazone groups is 1. The van der Waals surface area contributed by atoms with E-state index in [1.165, 1.54) is 25.5 Å². The fourth-order valence-electron chi connectivity index (χ4n) is 2.48. The van der Waals surface area contributed by atoms with Crippen molar-refractivity contribution in [2.24, 2.45) is 5.10 Å². The first kappa shape index (κ1) is 21.5. The molecule has 0 unspecified atom stereocenters. The second-order valence-corrected chi connectivity index (χ2v) is 8.40. The molecule has 1 amide bonds. The molecule has 0 atom stereocenters. The Morgan fingerprint density at radius 3 is 2.47 bits per heavy atom. The van der Waals surface area contributed by atoms with Crippen LogP contribution in [0, 0.1) is 0 Å². The molecule has 3 aromatic carbocycles. The molecule has 0 aromatic heterocycles. The number of ether oxygens (including phenoxy) is 1. The minimum atomic E-state index is -4.09. The number of hydrogen-bond acceptors (Lipinski definition) is 6. The minimum Gasteiger partial charge on any atom is -0.493 e. The second-order valence-electron chi connectivity index (χ2n) is 5.94. The van der Waals surface area contributed by atoms with Crippen molar-refractivity contribution in [1.82, 2.24) is 5.43 Å². The quantitative estimate of drug-likeness (QED) is 0.308. The van der Waals surface area contributed by atoms with E-state index in [1.807, 2.05) is 0 Å². The highest BCUT2D eigenvalue weighted by molar-refractivity contribution is 9.10. The Kier molecular flexibility index (Phi) is 6.86. The van der Waals surface area contributed by atoms with Gasteiger partial charge in [0.05, 0.1) is 13.3 Å². The molecule has 7 nitrogen and oxygen atoms in total. The molecule has 0 radical (unpaired) electrons. The van der Waals surface area contributed by atoms with Gasteiger partial charge in [-0.2, -0.15) is 13.5 Å². The van der Waals surface area contributed by atoms with Gasteiger partial charge in [-0.1, -0.05) is 46.3 Å². The van der Waals surface area contributed by atoms with Gasteiger partial charge in [-0.25, -0.2) is 5.43 Å². The molecule has 30 heavy (non-hydrogen) atoms. The summed E-state index contributed by atoms with van der Waals surface area (Å²) in [6.45, 7) is 0. The number of para-hydroxylation sites is 1. The van der Waals surface area contributed by atoms with Crippen LogP contribution in [-0.2, 0) is 10.1 Å². The van der Waals surface area contributed by atoms with E-state index in [0.717, 1.165) is 4.47 Å². The highest BCUT2D eigenvalue weighted by Crippen LogP contribution is 2.32. The van der Waals surface area contributed by atoms with Crippen molar-refractivity contribution in [3.05, 3.63) is 88.4 Å². The van der Waals surface area contributed by atoms with Crippen LogP contribution in [0.25, 0.3) is 0 Å². The normalized spacial score (nSPS) is 11.3. The van der Waals surface area contributed by atoms with Gasteiger partial charge in [-0.15, -0.1) is 0 Å². The molecule has 0 spiro atoms. The molecular weight excluding hydrogens is 472 g/mol. The van der Waals surface area contributed by atoms with Gasteiger partial charge in [0.2, 0.25) is 0 Å². The fraction of sp³-hybridized carbons (Fsp3) is 0.0476. The molecule has 0 aliphatic heterocycles. The van der Waals surface area contributed by atoms with Crippen LogP contribution in [0.15, 0.2) is 87.3 Å². The van der Waals surface area contributed by atoms with E-state index >= 15 is 0 Å². The van der Waals surface area contributed by atoms with Gasteiger partial charge >= 0.3 is 10.1 Å². The van der Waals surface area contributed by atoms with Crippen molar-refractivity contribution in [2.45, 2.75) is 4.90 Å². The largest absolute Gasteiger partial charge is 0.493 e. The molecule has 3 rings (SSSR count). The molecule has 0 aliphatic carbocycles. The number of carbonyl (C=O) groups excluding carboxylic acids is 1. The first-order chi connectivity index (χ1) is 14.4. The van der Waals surface area contributed by atoms with Crippen LogP contribution in [-0.4, -0.2) is 27.6 Å². The van der Waals surface area contributed by atoms with Crippen molar-refractivity contribution >= 4 is 38.2 Å². The van der Waals surface area contributed by atoms with Gasteiger partial charge in [-0.3, -0.25) is 4.79 Å². The lowest BCUT2D eigenvalue weighted by Gasteiger charge is -2.13. The summed E-state index contributed by atoms with van der Waals surface area (Å²) in [7, 11) is -2.70. The maximum atomic E-state index is 12.6. The van der Waals surface area contributed by atoms with Gasteiger partial charge in [0.1, 0.15) is 4.90 Å². The van der Waals surface area contributed by atoms with Crippen LogP contribution in [0.2, 0.25) is 0 Å². The third-order valence-electron chi connectivity index (χ3n) is 3.91. The standard InChI is InChI=1S/C21H17BrN2O5S/c1-28-19-12-6-8-16(14-23-24-21(25)15-7-5-9-17(22)13-15)20(19)29-30(26,27)18-10-3-2-4-11-18/h2-14H,1H3,(H,24,25)/b23-14+. The van der Waals surface area contributed by atoms with Crippen molar-refractivity contribution in [3.8, 4) is 11.5 Å². The molecule has 0 aliphatic rings. The third-order valence-corrected chi connectivity index (χ3v) is 5.64. The van der Waals surface area contributed by atoms with Crippen LogP contribution < -0.4 is 14.3 Å². The Bertz CT molecular complexity index is 1180. The number of hydrogen-bond donors (Lipinski definition) is 1. The molecule has 0 bridgehead atoms. The highest BCUT2D eigenvalue weighted by atomic mass is 79.9. The van der Waals surface area contributed by atoms with Crippen molar-refractivity contribution in [2.75, 3.05) is 7.11 Å². The summed E-state index contributed by atoms with van der Waals surface area (Å²) in [5, 5.41) is 3.92. The van der Waals surface area contributed by atoms with Crippen LogP contribution >= 0.6 is 15.9 Å². The lowest BCUT2D eigenvalue weighted by atomic mass is 10.2. The summed E-state index contributed by atoms with van der Waals surface area (Å²) >= 11 is 3.30. The van der Waals surface area contributed by atoms with E-state index in [1.54, 1.807) is 60.7 Å². The summed E-state index contributed by atoms with van der Waals surface area (Å²) in [4.78, 5) is 12.2. The summed E-state index contributed by atoms with van der Waals surface area (Å²) in [6.07, 6.45) is 1.29. The molecule has 0 fully saturated rings. The molecule has 1 N–H and O–H groups in total. The Hall–Kier alpha value is -3.17. The van der Waals surface area contributed by atoms with Crippen LogP contribution in [0.1, 0.15) is 15.9 Å². The van der Waals surface area contributed by atoms with E-state index in [9.17, 15) is 13.2 Å². The first-order valence-electron chi connectivity index (χ1n) is 8.66. The summed E-state index contributed by atoms with van der Waals surface area (Å²) in [5.74, 6) is -0.254. The van der Waals surface area contributed by atoms with Crippen molar-refractivity contribution in [1.29, 1.82) is 0 Å². The number of amides is 1. The number of carbonyl (C=O) groups is 1. The molecule has 154 valence electrons. The van der Waals surface area contributed by atoms with Gasteiger partial charge in [0.15, 0.2) is 11.5 Å². The van der Waals surface area contributed by atoms with Crippen LogP contribution in [0.3, 0.4) is 0 Å². The monoisotopic (exact) mass is 488 g/mol. The minimum absolute atomic E-state index is 0.00162. The molecular formula is C21H17BrN2O5S. The number of rotatable bonds is 7.